The molecular formula is C27H29ClN4O2. The molecule has 1 fully saturated rings. The highest BCUT2D eigenvalue weighted by Gasteiger charge is 2.17. The lowest BCUT2D eigenvalue weighted by molar-refractivity contribution is 0.148. The van der Waals surface area contributed by atoms with Gasteiger partial charge in [0.15, 0.2) is 0 Å². The van der Waals surface area contributed by atoms with Gasteiger partial charge < -0.3 is 9.64 Å². The number of allylic oxidation sites excluding steroid dienone is 1. The molecule has 7 heteroatoms. The summed E-state index contributed by atoms with van der Waals surface area (Å²) in [5.74, 6) is 0.531. The Labute approximate surface area is 205 Å². The number of piperazine rings is 1. The fourth-order valence-electron chi connectivity index (χ4n) is 4.52. The molecule has 176 valence electrons. The minimum Gasteiger partial charge on any atom is -0.487 e. The van der Waals surface area contributed by atoms with E-state index in [1.54, 1.807) is 23.0 Å². The van der Waals surface area contributed by atoms with Gasteiger partial charge in [0.25, 0.3) is 5.56 Å². The van der Waals surface area contributed by atoms with Crippen molar-refractivity contribution in [2.75, 3.05) is 33.2 Å². The molecule has 34 heavy (non-hydrogen) atoms. The van der Waals surface area contributed by atoms with E-state index in [1.165, 1.54) is 22.8 Å². The molecule has 0 unspecified atom stereocenters. The Morgan fingerprint density at radius 3 is 2.65 bits per heavy atom. The van der Waals surface area contributed by atoms with E-state index >= 15 is 0 Å². The molecule has 0 radical (unpaired) electrons. The third kappa shape index (κ3) is 5.41. The average Bonchev–Trinajstić information content (AvgIpc) is 2.85. The van der Waals surface area contributed by atoms with Gasteiger partial charge in [0.1, 0.15) is 12.4 Å². The summed E-state index contributed by atoms with van der Waals surface area (Å²) in [6, 6.07) is 13.7. The van der Waals surface area contributed by atoms with Gasteiger partial charge in [-0.05, 0) is 60.9 Å². The van der Waals surface area contributed by atoms with Crippen molar-refractivity contribution in [1.29, 1.82) is 0 Å². The molecule has 0 saturated carbocycles. The number of halogens is 1. The number of aromatic nitrogens is 2. The second kappa shape index (κ2) is 10.1. The predicted molar refractivity (Wildman–Crippen MR) is 136 cm³/mol. The van der Waals surface area contributed by atoms with E-state index in [-0.39, 0.29) is 12.2 Å². The van der Waals surface area contributed by atoms with Crippen LogP contribution in [-0.4, -0.2) is 52.6 Å². The van der Waals surface area contributed by atoms with E-state index in [2.05, 4.69) is 46.1 Å². The number of likely N-dealkylation sites (N-methyl/N-ethyl adjacent to an activating group) is 1. The van der Waals surface area contributed by atoms with Crippen LogP contribution in [0.1, 0.15) is 28.8 Å². The summed E-state index contributed by atoms with van der Waals surface area (Å²) in [5, 5.41) is 0.583. The van der Waals surface area contributed by atoms with Gasteiger partial charge in [-0.25, -0.2) is 0 Å². The second-order valence-corrected chi connectivity index (χ2v) is 9.51. The molecule has 3 aromatic rings. The van der Waals surface area contributed by atoms with Gasteiger partial charge in [0.05, 0.1) is 10.7 Å². The topological polar surface area (TPSA) is 50.6 Å². The maximum atomic E-state index is 12.8. The van der Waals surface area contributed by atoms with Crippen LogP contribution in [0.25, 0.3) is 11.8 Å². The maximum Gasteiger partial charge on any atom is 0.258 e. The van der Waals surface area contributed by atoms with Crippen LogP contribution in [0.5, 0.6) is 5.75 Å². The first-order valence-corrected chi connectivity index (χ1v) is 12.1. The molecule has 0 bridgehead atoms. The van der Waals surface area contributed by atoms with Crippen LogP contribution in [0.2, 0.25) is 5.02 Å². The zero-order chi connectivity index (χ0) is 23.5. The van der Waals surface area contributed by atoms with Crippen LogP contribution in [0.4, 0.5) is 0 Å². The molecule has 0 spiro atoms. The Morgan fingerprint density at radius 1 is 1.03 bits per heavy atom. The lowest BCUT2D eigenvalue weighted by Crippen LogP contribution is -2.43. The smallest absolute Gasteiger partial charge is 0.258 e. The number of hydrogen-bond donors (Lipinski definition) is 0. The summed E-state index contributed by atoms with van der Waals surface area (Å²) >= 11 is 5.87. The molecule has 2 aliphatic rings. The van der Waals surface area contributed by atoms with Gasteiger partial charge in [-0.15, -0.1) is 0 Å². The van der Waals surface area contributed by atoms with Crippen molar-refractivity contribution in [3.63, 3.8) is 0 Å². The monoisotopic (exact) mass is 476 g/mol. The number of rotatable bonds is 6. The van der Waals surface area contributed by atoms with Crippen molar-refractivity contribution >= 4 is 23.4 Å². The third-order valence-electron chi connectivity index (χ3n) is 6.56. The molecule has 1 aromatic carbocycles. The fourth-order valence-corrected chi connectivity index (χ4v) is 4.63. The molecule has 0 N–H and O–H groups in total. The maximum absolute atomic E-state index is 12.8. The number of fused-ring (bicyclic) bond motifs is 1. The van der Waals surface area contributed by atoms with Crippen LogP contribution in [-0.2, 0) is 19.6 Å². The highest BCUT2D eigenvalue weighted by atomic mass is 35.5. The van der Waals surface area contributed by atoms with E-state index in [0.717, 1.165) is 57.0 Å². The van der Waals surface area contributed by atoms with E-state index in [4.69, 9.17) is 16.3 Å². The van der Waals surface area contributed by atoms with Crippen molar-refractivity contribution < 1.29 is 4.74 Å². The minimum absolute atomic E-state index is 0.0945. The summed E-state index contributed by atoms with van der Waals surface area (Å²) in [6.07, 6.45) is 7.29. The lowest BCUT2D eigenvalue weighted by Gasteiger charge is -2.32. The van der Waals surface area contributed by atoms with Crippen molar-refractivity contribution in [1.82, 2.24) is 19.4 Å². The van der Waals surface area contributed by atoms with Gasteiger partial charge in [-0.1, -0.05) is 29.8 Å². The number of benzene rings is 1. The largest absolute Gasteiger partial charge is 0.487 e. The first-order chi connectivity index (χ1) is 16.5. The Bertz CT molecular complexity index is 1240. The average molecular weight is 477 g/mol. The predicted octanol–water partition coefficient (Wildman–Crippen LogP) is 4.17. The number of pyridine rings is 2. The van der Waals surface area contributed by atoms with Gasteiger partial charge >= 0.3 is 0 Å². The van der Waals surface area contributed by atoms with Gasteiger partial charge in [-0.3, -0.25) is 19.2 Å². The van der Waals surface area contributed by atoms with Crippen LogP contribution in [0, 0.1) is 0 Å². The highest BCUT2D eigenvalue weighted by Crippen LogP contribution is 2.27. The third-order valence-corrected chi connectivity index (χ3v) is 6.78. The Balaban J connectivity index is 1.26. The first kappa shape index (κ1) is 22.8. The number of aryl methyl sites for hydroxylation is 1. The first-order valence-electron chi connectivity index (χ1n) is 11.7. The highest BCUT2D eigenvalue weighted by molar-refractivity contribution is 6.30. The summed E-state index contributed by atoms with van der Waals surface area (Å²) in [7, 11) is 2.19. The zero-order valence-corrected chi connectivity index (χ0v) is 20.2. The molecule has 3 heterocycles. The Kier molecular flexibility index (Phi) is 6.81. The Hall–Kier alpha value is -2.93. The lowest BCUT2D eigenvalue weighted by atomic mass is 9.93. The van der Waals surface area contributed by atoms with E-state index in [1.807, 2.05) is 12.1 Å². The van der Waals surface area contributed by atoms with Gasteiger partial charge in [0.2, 0.25) is 0 Å². The van der Waals surface area contributed by atoms with Crippen molar-refractivity contribution in [2.24, 2.45) is 0 Å². The number of hydrogen-bond acceptors (Lipinski definition) is 5. The molecule has 0 amide bonds. The normalized spacial score (nSPS) is 16.7. The molecule has 2 aromatic heterocycles. The molecule has 0 atom stereocenters. The molecule has 1 aliphatic carbocycles. The van der Waals surface area contributed by atoms with Crippen LogP contribution < -0.4 is 10.3 Å². The van der Waals surface area contributed by atoms with Crippen molar-refractivity contribution in [2.45, 2.75) is 26.0 Å². The van der Waals surface area contributed by atoms with Gasteiger partial charge in [-0.2, -0.15) is 0 Å². The zero-order valence-electron chi connectivity index (χ0n) is 19.4. The quantitative estimate of drug-likeness (QED) is 0.534. The van der Waals surface area contributed by atoms with Crippen molar-refractivity contribution in [3.8, 4) is 5.75 Å². The summed E-state index contributed by atoms with van der Waals surface area (Å²) in [6.45, 7) is 5.80. The Morgan fingerprint density at radius 2 is 1.88 bits per heavy atom. The number of nitrogens with zero attached hydrogens (tertiary/aromatic N) is 4. The van der Waals surface area contributed by atoms with E-state index < -0.39 is 0 Å². The summed E-state index contributed by atoms with van der Waals surface area (Å²) in [5.41, 5.74) is 5.60. The molecule has 6 nitrogen and oxygen atoms in total. The minimum atomic E-state index is -0.0945. The van der Waals surface area contributed by atoms with Gasteiger partial charge in [0, 0.05) is 56.9 Å². The van der Waals surface area contributed by atoms with Crippen LogP contribution >= 0.6 is 11.6 Å². The molecule has 5 rings (SSSR count). The molecular weight excluding hydrogens is 448 g/mol. The molecule has 1 saturated heterocycles. The van der Waals surface area contributed by atoms with Crippen molar-refractivity contribution in [3.05, 3.63) is 92.6 Å². The second-order valence-electron chi connectivity index (χ2n) is 9.08. The van der Waals surface area contributed by atoms with Crippen LogP contribution in [0.15, 0.2) is 59.7 Å². The molecule has 1 aliphatic heterocycles. The fraction of sp³-hybridized carbons (Fsp3) is 0.333. The van der Waals surface area contributed by atoms with Crippen LogP contribution in [0.3, 0.4) is 0 Å². The number of ether oxygens (including phenoxy) is 1. The van der Waals surface area contributed by atoms with E-state index in [9.17, 15) is 4.79 Å². The summed E-state index contributed by atoms with van der Waals surface area (Å²) in [4.78, 5) is 21.9. The summed E-state index contributed by atoms with van der Waals surface area (Å²) < 4.78 is 7.46. The van der Waals surface area contributed by atoms with E-state index in [0.29, 0.717) is 10.8 Å². The standard InChI is InChI=1S/C27H29ClN4O2/c1-30-10-12-31(13-11-30)18-20-2-3-22-15-25(7-4-21(22)14-20)32-9-8-26(16-27(32)33)34-19-24-6-5-23(28)17-29-24/h2-3,5-6,8-9,14-17H,4,7,10-13,18-19H2,1H3. The SMILES string of the molecule is CN1CCN(Cc2ccc3c(c2)CCC(n2ccc(OCc4ccc(Cl)cn4)cc2=O)=C3)CC1.